The van der Waals surface area contributed by atoms with Gasteiger partial charge in [-0.25, -0.2) is 0 Å². The van der Waals surface area contributed by atoms with Crippen LogP contribution in [0.25, 0.3) is 0 Å². The molecule has 0 radical (unpaired) electrons. The molecule has 2 rings (SSSR count). The summed E-state index contributed by atoms with van der Waals surface area (Å²) in [6, 6.07) is 4.42. The molecule has 1 amide bonds. The van der Waals surface area contributed by atoms with Crippen molar-refractivity contribution < 1.29 is 4.79 Å². The van der Waals surface area contributed by atoms with Crippen LogP contribution in [-0.2, 0) is 11.3 Å². The molecule has 2 unspecified atom stereocenters. The predicted molar refractivity (Wildman–Crippen MR) is 66.1 cm³/mol. The van der Waals surface area contributed by atoms with Gasteiger partial charge in [-0.05, 0) is 31.7 Å². The Balaban J connectivity index is 2.02. The number of nitrogens with zero attached hydrogens (tertiary/aromatic N) is 1. The first-order valence-electron chi connectivity index (χ1n) is 5.68. The van der Waals surface area contributed by atoms with Crippen molar-refractivity contribution in [2.45, 2.75) is 38.9 Å². The number of carbonyl (C=O) groups excluding carboxylic acids is 1. The fraction of sp³-hybridized carbons (Fsp3) is 0.583. The number of hydrogen-bond donors (Lipinski definition) is 1. The molecule has 0 saturated heterocycles. The summed E-state index contributed by atoms with van der Waals surface area (Å²) in [7, 11) is 0. The summed E-state index contributed by atoms with van der Waals surface area (Å²) in [5, 5.41) is 2.04. The smallest absolute Gasteiger partial charge is 0.227 e. The zero-order valence-electron chi connectivity index (χ0n) is 9.72. The molecular formula is C12H18N2OS. The molecule has 3 nitrogen and oxygen atoms in total. The van der Waals surface area contributed by atoms with Gasteiger partial charge in [-0.2, -0.15) is 0 Å². The van der Waals surface area contributed by atoms with Gasteiger partial charge in [-0.1, -0.05) is 6.07 Å². The van der Waals surface area contributed by atoms with E-state index in [-0.39, 0.29) is 23.9 Å². The van der Waals surface area contributed by atoms with E-state index in [4.69, 9.17) is 5.73 Å². The summed E-state index contributed by atoms with van der Waals surface area (Å²) in [6.45, 7) is 4.83. The van der Waals surface area contributed by atoms with Gasteiger partial charge in [-0.15, -0.1) is 11.3 Å². The van der Waals surface area contributed by atoms with Crippen molar-refractivity contribution in [1.82, 2.24) is 4.90 Å². The lowest BCUT2D eigenvalue weighted by molar-refractivity contribution is -0.135. The molecular weight excluding hydrogens is 220 g/mol. The van der Waals surface area contributed by atoms with Crippen LogP contribution in [0.1, 0.15) is 25.1 Å². The van der Waals surface area contributed by atoms with Crippen molar-refractivity contribution in [3.63, 3.8) is 0 Å². The van der Waals surface area contributed by atoms with Crippen LogP contribution in [0.3, 0.4) is 0 Å². The van der Waals surface area contributed by atoms with E-state index >= 15 is 0 Å². The second kappa shape index (κ2) is 4.55. The van der Waals surface area contributed by atoms with Crippen LogP contribution in [0.5, 0.6) is 0 Å². The van der Waals surface area contributed by atoms with Crippen LogP contribution < -0.4 is 5.73 Å². The third kappa shape index (κ3) is 2.44. The van der Waals surface area contributed by atoms with E-state index in [1.807, 2.05) is 16.3 Å². The van der Waals surface area contributed by atoms with Crippen LogP contribution >= 0.6 is 11.3 Å². The van der Waals surface area contributed by atoms with Crippen LogP contribution in [0.2, 0.25) is 0 Å². The molecule has 2 atom stereocenters. The van der Waals surface area contributed by atoms with Crippen molar-refractivity contribution in [2.24, 2.45) is 11.7 Å². The average Bonchev–Trinajstić information content (AvgIpc) is 2.77. The molecule has 1 aromatic rings. The van der Waals surface area contributed by atoms with Gasteiger partial charge in [0.05, 0.1) is 12.5 Å². The van der Waals surface area contributed by atoms with Crippen molar-refractivity contribution in [3.8, 4) is 0 Å². The summed E-state index contributed by atoms with van der Waals surface area (Å²) < 4.78 is 0. The number of hydrogen-bond acceptors (Lipinski definition) is 3. The predicted octanol–water partition coefficient (Wildman–Crippen LogP) is 1.83. The van der Waals surface area contributed by atoms with Crippen molar-refractivity contribution in [3.05, 3.63) is 22.4 Å². The summed E-state index contributed by atoms with van der Waals surface area (Å²) in [4.78, 5) is 15.3. The Labute approximate surface area is 100 Å². The Bertz CT molecular complexity index is 361. The zero-order valence-corrected chi connectivity index (χ0v) is 10.5. The Morgan fingerprint density at radius 1 is 1.69 bits per heavy atom. The summed E-state index contributed by atoms with van der Waals surface area (Å²) >= 11 is 1.69. The summed E-state index contributed by atoms with van der Waals surface area (Å²) in [5.74, 6) is 0.290. The highest BCUT2D eigenvalue weighted by Gasteiger charge is 2.42. The second-order valence-corrected chi connectivity index (χ2v) is 5.68. The number of rotatable bonds is 4. The largest absolute Gasteiger partial charge is 0.335 e. The maximum atomic E-state index is 12.1. The molecule has 0 aliphatic heterocycles. The first kappa shape index (κ1) is 11.6. The maximum Gasteiger partial charge on any atom is 0.227 e. The van der Waals surface area contributed by atoms with Crippen molar-refractivity contribution >= 4 is 17.2 Å². The van der Waals surface area contributed by atoms with Crippen LogP contribution in [-0.4, -0.2) is 22.9 Å². The average molecular weight is 238 g/mol. The van der Waals surface area contributed by atoms with Crippen molar-refractivity contribution in [2.75, 3.05) is 0 Å². The number of amides is 1. The lowest BCUT2D eigenvalue weighted by Crippen LogP contribution is -2.38. The second-order valence-electron chi connectivity index (χ2n) is 4.65. The molecule has 16 heavy (non-hydrogen) atoms. The van der Waals surface area contributed by atoms with E-state index in [0.717, 1.165) is 13.0 Å². The normalized spacial score (nSPS) is 23.5. The molecule has 2 N–H and O–H groups in total. The third-order valence-corrected chi connectivity index (χ3v) is 3.83. The van der Waals surface area contributed by atoms with E-state index in [1.54, 1.807) is 11.3 Å². The minimum Gasteiger partial charge on any atom is -0.335 e. The molecule has 0 spiro atoms. The fourth-order valence-corrected chi connectivity index (χ4v) is 2.50. The Kier molecular flexibility index (Phi) is 3.30. The van der Waals surface area contributed by atoms with E-state index in [9.17, 15) is 4.79 Å². The molecule has 88 valence electrons. The van der Waals surface area contributed by atoms with Crippen molar-refractivity contribution in [1.29, 1.82) is 0 Å². The van der Waals surface area contributed by atoms with Gasteiger partial charge >= 0.3 is 0 Å². The summed E-state index contributed by atoms with van der Waals surface area (Å²) in [6.07, 6.45) is 0.854. The lowest BCUT2D eigenvalue weighted by atomic mass is 10.2. The standard InChI is InChI=1S/C12H18N2OS/c1-8(2)14(7-9-4-3-5-16-9)12(15)10-6-11(10)13/h3-5,8,10-11H,6-7,13H2,1-2H3. The topological polar surface area (TPSA) is 46.3 Å². The Hall–Kier alpha value is -0.870. The number of thiophene rings is 1. The lowest BCUT2D eigenvalue weighted by Gasteiger charge is -2.26. The van der Waals surface area contributed by atoms with Crippen LogP contribution in [0.15, 0.2) is 17.5 Å². The molecule has 1 aliphatic rings. The molecule has 1 fully saturated rings. The molecule has 1 aliphatic carbocycles. The van der Waals surface area contributed by atoms with Gasteiger partial charge in [0.25, 0.3) is 0 Å². The minimum atomic E-state index is 0.0716. The summed E-state index contributed by atoms with van der Waals surface area (Å²) in [5.41, 5.74) is 5.73. The molecule has 0 bridgehead atoms. The highest BCUT2D eigenvalue weighted by atomic mass is 32.1. The van der Waals surface area contributed by atoms with Gasteiger partial charge < -0.3 is 10.6 Å². The van der Waals surface area contributed by atoms with Gasteiger partial charge in [0, 0.05) is 17.0 Å². The zero-order chi connectivity index (χ0) is 11.7. The molecule has 1 aromatic heterocycles. The van der Waals surface area contributed by atoms with Crippen LogP contribution in [0, 0.1) is 5.92 Å². The SMILES string of the molecule is CC(C)N(Cc1cccs1)C(=O)C1CC1N. The first-order chi connectivity index (χ1) is 7.59. The molecule has 1 heterocycles. The maximum absolute atomic E-state index is 12.1. The number of carbonyl (C=O) groups is 1. The monoisotopic (exact) mass is 238 g/mol. The van der Waals surface area contributed by atoms with E-state index < -0.39 is 0 Å². The van der Waals surface area contributed by atoms with E-state index in [2.05, 4.69) is 19.9 Å². The molecule has 0 aromatic carbocycles. The minimum absolute atomic E-state index is 0.0716. The molecule has 1 saturated carbocycles. The number of nitrogens with two attached hydrogens (primary N) is 1. The van der Waals surface area contributed by atoms with Gasteiger partial charge in [-0.3, -0.25) is 4.79 Å². The Morgan fingerprint density at radius 2 is 2.38 bits per heavy atom. The van der Waals surface area contributed by atoms with Gasteiger partial charge in [0.1, 0.15) is 0 Å². The highest BCUT2D eigenvalue weighted by molar-refractivity contribution is 7.09. The first-order valence-corrected chi connectivity index (χ1v) is 6.56. The Morgan fingerprint density at radius 3 is 2.81 bits per heavy atom. The fourth-order valence-electron chi connectivity index (χ4n) is 1.80. The third-order valence-electron chi connectivity index (χ3n) is 2.97. The van der Waals surface area contributed by atoms with Crippen LogP contribution in [0.4, 0.5) is 0 Å². The quantitative estimate of drug-likeness (QED) is 0.870. The van der Waals surface area contributed by atoms with E-state index in [1.165, 1.54) is 4.88 Å². The molecule has 4 heteroatoms. The van der Waals surface area contributed by atoms with Gasteiger partial charge in [0.2, 0.25) is 5.91 Å². The van der Waals surface area contributed by atoms with E-state index in [0.29, 0.717) is 0 Å². The van der Waals surface area contributed by atoms with Gasteiger partial charge in [0.15, 0.2) is 0 Å². The highest BCUT2D eigenvalue weighted by Crippen LogP contribution is 2.31.